The maximum Gasteiger partial charge on any atom is 0.229 e. The van der Waals surface area contributed by atoms with E-state index < -0.39 is 0 Å². The first kappa shape index (κ1) is 11.9. The first-order valence-corrected chi connectivity index (χ1v) is 7.02. The Labute approximate surface area is 105 Å². The Kier molecular flexibility index (Phi) is 3.87. The SMILES string of the molecule is CN(CCCl)C(=O)C1CCCc2sccc21. The number of nitrogens with zero attached hydrogens (tertiary/aromatic N) is 1. The molecule has 0 spiro atoms. The third-order valence-corrected chi connectivity index (χ3v) is 4.31. The van der Waals surface area contributed by atoms with Gasteiger partial charge in [-0.3, -0.25) is 4.79 Å². The summed E-state index contributed by atoms with van der Waals surface area (Å²) >= 11 is 7.44. The summed E-state index contributed by atoms with van der Waals surface area (Å²) in [5.41, 5.74) is 1.25. The van der Waals surface area contributed by atoms with Gasteiger partial charge in [0.1, 0.15) is 0 Å². The van der Waals surface area contributed by atoms with E-state index in [1.165, 1.54) is 10.4 Å². The standard InChI is InChI=1S/C12H16ClNOS/c1-14(7-6-13)12(15)10-3-2-4-11-9(10)5-8-16-11/h5,8,10H,2-4,6-7H2,1H3. The highest BCUT2D eigenvalue weighted by Crippen LogP contribution is 2.35. The van der Waals surface area contributed by atoms with E-state index in [-0.39, 0.29) is 11.8 Å². The van der Waals surface area contributed by atoms with Crippen molar-refractivity contribution in [2.75, 3.05) is 19.5 Å². The summed E-state index contributed by atoms with van der Waals surface area (Å²) in [6.07, 6.45) is 3.24. The van der Waals surface area contributed by atoms with E-state index in [9.17, 15) is 4.79 Å². The van der Waals surface area contributed by atoms with Crippen LogP contribution in [0.5, 0.6) is 0 Å². The lowest BCUT2D eigenvalue weighted by atomic mass is 9.87. The minimum Gasteiger partial charge on any atom is -0.344 e. The minimum absolute atomic E-state index is 0.0724. The molecule has 0 saturated carbocycles. The van der Waals surface area contributed by atoms with Crippen molar-refractivity contribution in [3.63, 3.8) is 0 Å². The summed E-state index contributed by atoms with van der Waals surface area (Å²) in [5.74, 6) is 0.800. The number of fused-ring (bicyclic) bond motifs is 1. The molecule has 0 radical (unpaired) electrons. The fraction of sp³-hybridized carbons (Fsp3) is 0.583. The second-order valence-corrected chi connectivity index (χ2v) is 5.57. The summed E-state index contributed by atoms with van der Waals surface area (Å²) in [6.45, 7) is 0.635. The maximum absolute atomic E-state index is 12.2. The number of carbonyl (C=O) groups excluding carboxylic acids is 1. The number of amides is 1. The van der Waals surface area contributed by atoms with Crippen LogP contribution in [0.2, 0.25) is 0 Å². The number of halogens is 1. The molecule has 2 nitrogen and oxygen atoms in total. The van der Waals surface area contributed by atoms with Gasteiger partial charge in [0.15, 0.2) is 0 Å². The van der Waals surface area contributed by atoms with Crippen LogP contribution in [-0.4, -0.2) is 30.3 Å². The maximum atomic E-state index is 12.2. The van der Waals surface area contributed by atoms with Crippen LogP contribution in [0.1, 0.15) is 29.2 Å². The molecule has 0 saturated heterocycles. The van der Waals surface area contributed by atoms with Gasteiger partial charge < -0.3 is 4.90 Å². The highest BCUT2D eigenvalue weighted by Gasteiger charge is 2.28. The number of aryl methyl sites for hydroxylation is 1. The molecule has 88 valence electrons. The van der Waals surface area contributed by atoms with Gasteiger partial charge in [-0.05, 0) is 36.3 Å². The molecule has 0 fully saturated rings. The number of alkyl halides is 1. The molecule has 0 aliphatic heterocycles. The molecule has 16 heavy (non-hydrogen) atoms. The number of carbonyl (C=O) groups is 1. The molecule has 1 atom stereocenters. The Morgan fingerprint density at radius 3 is 3.25 bits per heavy atom. The van der Waals surface area contributed by atoms with Crippen LogP contribution in [0, 0.1) is 0 Å². The highest BCUT2D eigenvalue weighted by atomic mass is 35.5. The van der Waals surface area contributed by atoms with Crippen molar-refractivity contribution in [1.29, 1.82) is 0 Å². The topological polar surface area (TPSA) is 20.3 Å². The zero-order chi connectivity index (χ0) is 11.5. The first-order chi connectivity index (χ1) is 7.74. The predicted molar refractivity (Wildman–Crippen MR) is 68.4 cm³/mol. The van der Waals surface area contributed by atoms with Crippen molar-refractivity contribution in [3.8, 4) is 0 Å². The molecule has 1 aliphatic carbocycles. The molecule has 1 aromatic heterocycles. The average molecular weight is 258 g/mol. The second kappa shape index (κ2) is 5.19. The smallest absolute Gasteiger partial charge is 0.229 e. The van der Waals surface area contributed by atoms with Crippen LogP contribution in [-0.2, 0) is 11.2 Å². The Morgan fingerprint density at radius 2 is 2.50 bits per heavy atom. The van der Waals surface area contributed by atoms with Crippen LogP contribution >= 0.6 is 22.9 Å². The Hall–Kier alpha value is -0.540. The van der Waals surface area contributed by atoms with Crippen LogP contribution in [0.25, 0.3) is 0 Å². The zero-order valence-electron chi connectivity index (χ0n) is 9.41. The van der Waals surface area contributed by atoms with E-state index in [0.29, 0.717) is 12.4 Å². The normalized spacial score (nSPS) is 19.2. The third kappa shape index (κ3) is 2.25. The van der Waals surface area contributed by atoms with Gasteiger partial charge >= 0.3 is 0 Å². The Bertz CT molecular complexity index is 377. The quantitative estimate of drug-likeness (QED) is 0.763. The van der Waals surface area contributed by atoms with Crippen molar-refractivity contribution >= 4 is 28.8 Å². The summed E-state index contributed by atoms with van der Waals surface area (Å²) in [6, 6.07) is 2.11. The molecular formula is C12H16ClNOS. The van der Waals surface area contributed by atoms with Crippen molar-refractivity contribution in [1.82, 2.24) is 4.90 Å². The van der Waals surface area contributed by atoms with Crippen LogP contribution in [0.4, 0.5) is 0 Å². The first-order valence-electron chi connectivity index (χ1n) is 5.61. The molecule has 1 amide bonds. The van der Waals surface area contributed by atoms with Gasteiger partial charge in [-0.1, -0.05) is 0 Å². The van der Waals surface area contributed by atoms with Gasteiger partial charge in [-0.25, -0.2) is 0 Å². The van der Waals surface area contributed by atoms with E-state index in [0.717, 1.165) is 19.3 Å². The van der Waals surface area contributed by atoms with Crippen LogP contribution in [0.3, 0.4) is 0 Å². The van der Waals surface area contributed by atoms with Gasteiger partial charge in [0.25, 0.3) is 0 Å². The van der Waals surface area contributed by atoms with Crippen molar-refractivity contribution < 1.29 is 4.79 Å². The molecule has 0 aromatic carbocycles. The molecule has 0 N–H and O–H groups in total. The largest absolute Gasteiger partial charge is 0.344 e. The third-order valence-electron chi connectivity index (χ3n) is 3.15. The summed E-state index contributed by atoms with van der Waals surface area (Å²) in [4.78, 5) is 15.4. The molecule has 0 bridgehead atoms. The van der Waals surface area contributed by atoms with Crippen molar-refractivity contribution in [2.45, 2.75) is 25.2 Å². The molecule has 1 unspecified atom stereocenters. The van der Waals surface area contributed by atoms with E-state index in [2.05, 4.69) is 11.4 Å². The van der Waals surface area contributed by atoms with Crippen molar-refractivity contribution in [2.24, 2.45) is 0 Å². The molecule has 2 rings (SSSR count). The molecule has 1 heterocycles. The van der Waals surface area contributed by atoms with Crippen LogP contribution < -0.4 is 0 Å². The second-order valence-electron chi connectivity index (χ2n) is 4.19. The lowest BCUT2D eigenvalue weighted by Gasteiger charge is -2.26. The predicted octanol–water partition coefficient (Wildman–Crippen LogP) is 2.87. The number of rotatable bonds is 3. The van der Waals surface area contributed by atoms with Gasteiger partial charge in [0, 0.05) is 24.3 Å². The van der Waals surface area contributed by atoms with Gasteiger partial charge in [0.2, 0.25) is 5.91 Å². The van der Waals surface area contributed by atoms with Crippen molar-refractivity contribution in [3.05, 3.63) is 21.9 Å². The number of hydrogen-bond acceptors (Lipinski definition) is 2. The lowest BCUT2D eigenvalue weighted by molar-refractivity contribution is -0.131. The fourth-order valence-corrected chi connectivity index (χ4v) is 3.49. The monoisotopic (exact) mass is 257 g/mol. The van der Waals surface area contributed by atoms with Gasteiger partial charge in [-0.15, -0.1) is 22.9 Å². The zero-order valence-corrected chi connectivity index (χ0v) is 11.0. The Morgan fingerprint density at radius 1 is 1.69 bits per heavy atom. The summed E-state index contributed by atoms with van der Waals surface area (Å²) in [5, 5.41) is 2.10. The van der Waals surface area contributed by atoms with Crippen LogP contribution in [0.15, 0.2) is 11.4 Å². The van der Waals surface area contributed by atoms with Gasteiger partial charge in [-0.2, -0.15) is 0 Å². The average Bonchev–Trinajstić information content (AvgIpc) is 2.76. The number of hydrogen-bond donors (Lipinski definition) is 0. The number of thiophene rings is 1. The Balaban J connectivity index is 2.15. The molecular weight excluding hydrogens is 242 g/mol. The van der Waals surface area contributed by atoms with Gasteiger partial charge in [0.05, 0.1) is 5.92 Å². The minimum atomic E-state index is 0.0724. The van der Waals surface area contributed by atoms with E-state index in [1.54, 1.807) is 16.2 Å². The number of likely N-dealkylation sites (N-methyl/N-ethyl adjacent to an activating group) is 1. The van der Waals surface area contributed by atoms with E-state index in [4.69, 9.17) is 11.6 Å². The highest BCUT2D eigenvalue weighted by molar-refractivity contribution is 7.10. The molecule has 4 heteroatoms. The van der Waals surface area contributed by atoms with E-state index >= 15 is 0 Å². The van der Waals surface area contributed by atoms with E-state index in [1.807, 2.05) is 7.05 Å². The lowest BCUT2D eigenvalue weighted by Crippen LogP contribution is -2.34. The molecule has 1 aromatic rings. The molecule has 1 aliphatic rings. The summed E-state index contributed by atoms with van der Waals surface area (Å²) < 4.78 is 0. The fourth-order valence-electron chi connectivity index (χ4n) is 2.25. The summed E-state index contributed by atoms with van der Waals surface area (Å²) in [7, 11) is 1.84.